The molecule has 1 aromatic heterocycles. The van der Waals surface area contributed by atoms with Gasteiger partial charge in [0.2, 0.25) is 0 Å². The molecule has 0 fully saturated rings. The van der Waals surface area contributed by atoms with E-state index in [1.165, 1.54) is 4.88 Å². The first-order valence-electron chi connectivity index (χ1n) is 7.24. The summed E-state index contributed by atoms with van der Waals surface area (Å²) in [5, 5.41) is 5.59. The summed E-state index contributed by atoms with van der Waals surface area (Å²) >= 11 is 5.26. The van der Waals surface area contributed by atoms with Crippen molar-refractivity contribution >= 4 is 27.3 Å². The van der Waals surface area contributed by atoms with Gasteiger partial charge >= 0.3 is 0 Å². The van der Waals surface area contributed by atoms with Gasteiger partial charge < -0.3 is 5.32 Å². The summed E-state index contributed by atoms with van der Waals surface area (Å²) in [6.07, 6.45) is 1.74. The van der Waals surface area contributed by atoms with Gasteiger partial charge in [-0.3, -0.25) is 0 Å². The van der Waals surface area contributed by atoms with Gasteiger partial charge in [-0.15, -0.1) is 11.3 Å². The maximum absolute atomic E-state index is 13.9. The van der Waals surface area contributed by atoms with E-state index in [0.29, 0.717) is 12.0 Å². The summed E-state index contributed by atoms with van der Waals surface area (Å²) in [6, 6.07) is 9.70. The van der Waals surface area contributed by atoms with E-state index < -0.39 is 0 Å². The first-order valence-corrected chi connectivity index (χ1v) is 8.91. The van der Waals surface area contributed by atoms with Gasteiger partial charge in [-0.2, -0.15) is 0 Å². The topological polar surface area (TPSA) is 12.0 Å². The third-order valence-corrected chi connectivity index (χ3v) is 5.11. The zero-order valence-electron chi connectivity index (χ0n) is 12.4. The fourth-order valence-corrected chi connectivity index (χ4v) is 3.91. The zero-order chi connectivity index (χ0) is 15.2. The van der Waals surface area contributed by atoms with Gasteiger partial charge in [-0.25, -0.2) is 4.39 Å². The van der Waals surface area contributed by atoms with Crippen molar-refractivity contribution in [3.05, 3.63) is 56.4 Å². The lowest BCUT2D eigenvalue weighted by Gasteiger charge is -2.19. The Morgan fingerprint density at radius 2 is 2.00 bits per heavy atom. The molecule has 0 aliphatic rings. The summed E-state index contributed by atoms with van der Waals surface area (Å²) in [6.45, 7) is 5.19. The quantitative estimate of drug-likeness (QED) is 0.719. The maximum atomic E-state index is 13.9. The van der Waals surface area contributed by atoms with Crippen LogP contribution in [0.1, 0.15) is 24.3 Å². The van der Waals surface area contributed by atoms with Crippen molar-refractivity contribution in [2.45, 2.75) is 32.7 Å². The van der Waals surface area contributed by atoms with Gasteiger partial charge in [0.25, 0.3) is 0 Å². The van der Waals surface area contributed by atoms with Gasteiger partial charge in [0.05, 0.1) is 0 Å². The van der Waals surface area contributed by atoms with Crippen LogP contribution < -0.4 is 5.32 Å². The molecule has 1 unspecified atom stereocenters. The van der Waals surface area contributed by atoms with Crippen LogP contribution in [0, 0.1) is 11.7 Å². The number of benzene rings is 1. The highest BCUT2D eigenvalue weighted by Crippen LogP contribution is 2.24. The number of thiophene rings is 1. The molecule has 0 saturated heterocycles. The maximum Gasteiger partial charge on any atom is 0.126 e. The summed E-state index contributed by atoms with van der Waals surface area (Å²) in [5.74, 6) is 0.300. The molecule has 4 heteroatoms. The largest absolute Gasteiger partial charge is 0.314 e. The Labute approximate surface area is 138 Å². The molecular formula is C17H21BrFNS. The van der Waals surface area contributed by atoms with Gasteiger partial charge in [0.1, 0.15) is 5.82 Å². The molecule has 114 valence electrons. The Hall–Kier alpha value is -0.710. The van der Waals surface area contributed by atoms with Gasteiger partial charge in [-0.05, 0) is 58.9 Å². The average Bonchev–Trinajstić information content (AvgIpc) is 2.84. The van der Waals surface area contributed by atoms with E-state index in [1.807, 2.05) is 12.1 Å². The highest BCUT2D eigenvalue weighted by Gasteiger charge is 2.14. The first-order chi connectivity index (χ1) is 10.0. The molecule has 0 spiro atoms. The predicted molar refractivity (Wildman–Crippen MR) is 92.5 cm³/mol. The molecule has 1 nitrogen and oxygen atoms in total. The smallest absolute Gasteiger partial charge is 0.126 e. The lowest BCUT2D eigenvalue weighted by atomic mass is 9.95. The molecule has 1 aromatic carbocycles. The number of hydrogen-bond donors (Lipinski definition) is 1. The Kier molecular flexibility index (Phi) is 6.40. The molecule has 0 saturated carbocycles. The van der Waals surface area contributed by atoms with Crippen LogP contribution in [0.15, 0.2) is 40.2 Å². The third-order valence-electron chi connectivity index (χ3n) is 3.39. The monoisotopic (exact) mass is 369 g/mol. The average molecular weight is 370 g/mol. The second kappa shape index (κ2) is 8.06. The Balaban J connectivity index is 2.06. The highest BCUT2D eigenvalue weighted by molar-refractivity contribution is 9.10. The third kappa shape index (κ3) is 5.53. The van der Waals surface area contributed by atoms with E-state index in [4.69, 9.17) is 0 Å². The molecule has 0 radical (unpaired) electrons. The van der Waals surface area contributed by atoms with Crippen LogP contribution in [-0.4, -0.2) is 12.6 Å². The molecule has 2 aromatic rings. The lowest BCUT2D eigenvalue weighted by Crippen LogP contribution is -2.31. The van der Waals surface area contributed by atoms with Crippen LogP contribution >= 0.6 is 27.3 Å². The van der Waals surface area contributed by atoms with Crippen LogP contribution in [0.3, 0.4) is 0 Å². The van der Waals surface area contributed by atoms with E-state index in [1.54, 1.807) is 23.5 Å². The number of rotatable bonds is 7. The summed E-state index contributed by atoms with van der Waals surface area (Å²) in [5.41, 5.74) is 0.809. The molecule has 21 heavy (non-hydrogen) atoms. The van der Waals surface area contributed by atoms with E-state index in [-0.39, 0.29) is 5.82 Å². The SMILES string of the molecule is CC(C)NCC(Cc1cc(Br)cs1)Cc1ccccc1F. The second-order valence-electron chi connectivity index (χ2n) is 5.66. The second-order valence-corrected chi connectivity index (χ2v) is 7.57. The van der Waals surface area contributed by atoms with Crippen molar-refractivity contribution in [2.24, 2.45) is 5.92 Å². The van der Waals surface area contributed by atoms with Crippen LogP contribution in [0.5, 0.6) is 0 Å². The molecular weight excluding hydrogens is 349 g/mol. The van der Waals surface area contributed by atoms with E-state index in [9.17, 15) is 4.39 Å². The van der Waals surface area contributed by atoms with Crippen molar-refractivity contribution in [1.82, 2.24) is 5.32 Å². The number of nitrogens with one attached hydrogen (secondary N) is 1. The molecule has 2 rings (SSSR count). The summed E-state index contributed by atoms with van der Waals surface area (Å²) < 4.78 is 15.0. The minimum absolute atomic E-state index is 0.0978. The molecule has 0 aliphatic heterocycles. The van der Waals surface area contributed by atoms with Gasteiger partial charge in [-0.1, -0.05) is 32.0 Å². The Morgan fingerprint density at radius 3 is 2.62 bits per heavy atom. The van der Waals surface area contributed by atoms with Crippen LogP contribution in [0.2, 0.25) is 0 Å². The van der Waals surface area contributed by atoms with Crippen molar-refractivity contribution in [2.75, 3.05) is 6.54 Å². The molecule has 1 N–H and O–H groups in total. The number of hydrogen-bond acceptors (Lipinski definition) is 2. The molecule has 0 bridgehead atoms. The lowest BCUT2D eigenvalue weighted by molar-refractivity contribution is 0.439. The van der Waals surface area contributed by atoms with Crippen molar-refractivity contribution < 1.29 is 4.39 Å². The molecule has 1 heterocycles. The molecule has 0 aliphatic carbocycles. The van der Waals surface area contributed by atoms with Gasteiger partial charge in [0, 0.05) is 20.8 Å². The normalized spacial score (nSPS) is 12.8. The Bertz CT molecular complexity index is 567. The van der Waals surface area contributed by atoms with Gasteiger partial charge in [0.15, 0.2) is 0 Å². The van der Waals surface area contributed by atoms with Crippen molar-refractivity contribution in [3.8, 4) is 0 Å². The summed E-state index contributed by atoms with van der Waals surface area (Å²) in [7, 11) is 0. The van der Waals surface area contributed by atoms with Crippen molar-refractivity contribution in [3.63, 3.8) is 0 Å². The Morgan fingerprint density at radius 1 is 1.24 bits per heavy atom. The van der Waals surface area contributed by atoms with Crippen LogP contribution in [0.25, 0.3) is 0 Å². The van der Waals surface area contributed by atoms with E-state index in [2.05, 4.69) is 46.5 Å². The van der Waals surface area contributed by atoms with Crippen LogP contribution in [-0.2, 0) is 12.8 Å². The van der Waals surface area contributed by atoms with E-state index >= 15 is 0 Å². The first kappa shape index (κ1) is 16.7. The molecule has 1 atom stereocenters. The van der Waals surface area contributed by atoms with Crippen molar-refractivity contribution in [1.29, 1.82) is 0 Å². The fraction of sp³-hybridized carbons (Fsp3) is 0.412. The fourth-order valence-electron chi connectivity index (χ4n) is 2.34. The predicted octanol–water partition coefficient (Wildman–Crippen LogP) is 5.05. The minimum atomic E-state index is -0.0978. The standard InChI is InChI=1S/C17H21BrFNS/c1-12(2)20-10-13(8-16-9-15(18)11-21-16)7-14-5-3-4-6-17(14)19/h3-6,9,11-13,20H,7-8,10H2,1-2H3. The zero-order valence-corrected chi connectivity index (χ0v) is 14.8. The minimum Gasteiger partial charge on any atom is -0.314 e. The molecule has 0 amide bonds. The van der Waals surface area contributed by atoms with E-state index in [0.717, 1.165) is 29.4 Å². The summed E-state index contributed by atoms with van der Waals surface area (Å²) in [4.78, 5) is 1.34. The highest BCUT2D eigenvalue weighted by atomic mass is 79.9. The van der Waals surface area contributed by atoms with Crippen LogP contribution in [0.4, 0.5) is 4.39 Å². The number of halogens is 2.